The fourth-order valence-corrected chi connectivity index (χ4v) is 3.26. The van der Waals surface area contributed by atoms with E-state index in [9.17, 15) is 9.59 Å². The van der Waals surface area contributed by atoms with Gasteiger partial charge in [-0.1, -0.05) is 30.3 Å². The van der Waals surface area contributed by atoms with E-state index >= 15 is 0 Å². The van der Waals surface area contributed by atoms with E-state index in [1.54, 1.807) is 20.8 Å². The van der Waals surface area contributed by atoms with Crippen molar-refractivity contribution in [1.29, 1.82) is 0 Å². The van der Waals surface area contributed by atoms with Crippen LogP contribution in [0.1, 0.15) is 26.3 Å². The van der Waals surface area contributed by atoms with Gasteiger partial charge in [0.15, 0.2) is 5.79 Å². The second-order valence-electron chi connectivity index (χ2n) is 7.07. The van der Waals surface area contributed by atoms with Crippen LogP contribution in [0.25, 0.3) is 0 Å². The number of nitrogens with one attached hydrogen (secondary N) is 1. The fraction of sp³-hybridized carbons (Fsp3) is 0.579. The van der Waals surface area contributed by atoms with Crippen molar-refractivity contribution in [1.82, 2.24) is 5.32 Å². The largest absolute Gasteiger partial charge is 0.463 e. The topological polar surface area (TPSA) is 108 Å². The van der Waals surface area contributed by atoms with Gasteiger partial charge in [0, 0.05) is 0 Å². The molecule has 1 N–H and O–H groups in total. The Morgan fingerprint density at radius 1 is 1.25 bits per heavy atom. The van der Waals surface area contributed by atoms with Crippen LogP contribution in [0.15, 0.2) is 40.6 Å². The van der Waals surface area contributed by atoms with Gasteiger partial charge >= 0.3 is 12.1 Å². The first-order valence-electron chi connectivity index (χ1n) is 9.23. The standard InChI is InChI=1S/C19H25N3O6/c1-4-25-16(23)19(21-17(24)26-11-13-8-6-5-7-9-13)14(10-20-22-19)15-12-27-18(2,3)28-15/h5-9,14-15H,4,10-12H2,1-3H3,(H,21,24)/t14-,15+,19+/m0/s1. The van der Waals surface area contributed by atoms with E-state index in [0.717, 1.165) is 5.56 Å². The Kier molecular flexibility index (Phi) is 5.95. The zero-order valence-corrected chi connectivity index (χ0v) is 16.2. The first-order valence-corrected chi connectivity index (χ1v) is 9.23. The van der Waals surface area contributed by atoms with Crippen LogP contribution in [-0.2, 0) is 30.3 Å². The molecule has 3 rings (SSSR count). The minimum Gasteiger partial charge on any atom is -0.463 e. The number of ether oxygens (including phenoxy) is 4. The second-order valence-corrected chi connectivity index (χ2v) is 7.07. The van der Waals surface area contributed by atoms with Gasteiger partial charge in [-0.05, 0) is 26.3 Å². The van der Waals surface area contributed by atoms with Gasteiger partial charge in [-0.25, -0.2) is 9.59 Å². The highest BCUT2D eigenvalue weighted by molar-refractivity contribution is 5.86. The molecule has 2 heterocycles. The maximum Gasteiger partial charge on any atom is 0.409 e. The van der Waals surface area contributed by atoms with E-state index in [4.69, 9.17) is 18.9 Å². The van der Waals surface area contributed by atoms with Crippen molar-refractivity contribution in [2.24, 2.45) is 16.1 Å². The van der Waals surface area contributed by atoms with Gasteiger partial charge in [-0.2, -0.15) is 10.2 Å². The molecule has 0 spiro atoms. The van der Waals surface area contributed by atoms with Crippen LogP contribution in [0, 0.1) is 5.92 Å². The van der Waals surface area contributed by atoms with Gasteiger partial charge in [0.1, 0.15) is 6.61 Å². The SMILES string of the molecule is CCOC(=O)[C@]1(NC(=O)OCc2ccccc2)N=NC[C@H]1[C@H]1COC(C)(C)O1. The highest BCUT2D eigenvalue weighted by Gasteiger charge is 2.58. The van der Waals surface area contributed by atoms with E-state index in [-0.39, 0.29) is 26.4 Å². The summed E-state index contributed by atoms with van der Waals surface area (Å²) in [6.07, 6.45) is -1.27. The van der Waals surface area contributed by atoms with Crippen molar-refractivity contribution in [3.63, 3.8) is 0 Å². The number of hydrogen-bond donors (Lipinski definition) is 1. The quantitative estimate of drug-likeness (QED) is 0.746. The van der Waals surface area contributed by atoms with E-state index in [1.807, 2.05) is 30.3 Å². The van der Waals surface area contributed by atoms with Crippen molar-refractivity contribution in [2.75, 3.05) is 19.8 Å². The zero-order valence-electron chi connectivity index (χ0n) is 16.2. The van der Waals surface area contributed by atoms with Crippen molar-refractivity contribution >= 4 is 12.1 Å². The summed E-state index contributed by atoms with van der Waals surface area (Å²) in [4.78, 5) is 25.2. The van der Waals surface area contributed by atoms with Gasteiger partial charge in [-0.15, -0.1) is 0 Å². The lowest BCUT2D eigenvalue weighted by molar-refractivity contribution is -0.162. The minimum atomic E-state index is -1.71. The molecule has 0 aliphatic carbocycles. The molecule has 2 aliphatic rings. The average Bonchev–Trinajstić information content (AvgIpc) is 3.24. The smallest absolute Gasteiger partial charge is 0.409 e. The molecule has 152 valence electrons. The van der Waals surface area contributed by atoms with Crippen LogP contribution in [0.5, 0.6) is 0 Å². The zero-order chi connectivity index (χ0) is 20.2. The highest BCUT2D eigenvalue weighted by Crippen LogP contribution is 2.37. The molecular weight excluding hydrogens is 366 g/mol. The van der Waals surface area contributed by atoms with Crippen molar-refractivity contribution in [3.05, 3.63) is 35.9 Å². The maximum atomic E-state index is 12.8. The monoisotopic (exact) mass is 391 g/mol. The number of azo groups is 1. The highest BCUT2D eigenvalue weighted by atomic mass is 16.7. The Balaban J connectivity index is 1.74. The van der Waals surface area contributed by atoms with Crippen LogP contribution in [0.3, 0.4) is 0 Å². The predicted molar refractivity (Wildman–Crippen MR) is 97.2 cm³/mol. The number of benzene rings is 1. The molecule has 0 saturated carbocycles. The molecule has 1 saturated heterocycles. The van der Waals surface area contributed by atoms with Gasteiger partial charge in [0.25, 0.3) is 5.66 Å². The molecule has 1 fully saturated rings. The number of alkyl carbamates (subject to hydrolysis) is 1. The third kappa shape index (κ3) is 4.31. The summed E-state index contributed by atoms with van der Waals surface area (Å²) in [5.74, 6) is -2.06. The summed E-state index contributed by atoms with van der Waals surface area (Å²) in [7, 11) is 0. The van der Waals surface area contributed by atoms with E-state index in [0.29, 0.717) is 0 Å². The van der Waals surface area contributed by atoms with E-state index in [1.165, 1.54) is 0 Å². The Morgan fingerprint density at radius 3 is 2.64 bits per heavy atom. The van der Waals surface area contributed by atoms with Crippen molar-refractivity contribution in [2.45, 2.75) is 44.9 Å². The summed E-state index contributed by atoms with van der Waals surface area (Å²) in [5.41, 5.74) is -0.889. The molecule has 0 unspecified atom stereocenters. The summed E-state index contributed by atoms with van der Waals surface area (Å²) < 4.78 is 21.9. The lowest BCUT2D eigenvalue weighted by Crippen LogP contribution is -2.61. The van der Waals surface area contributed by atoms with E-state index in [2.05, 4.69) is 15.5 Å². The summed E-state index contributed by atoms with van der Waals surface area (Å²) >= 11 is 0. The molecule has 28 heavy (non-hydrogen) atoms. The minimum absolute atomic E-state index is 0.0590. The Bertz CT molecular complexity index is 738. The van der Waals surface area contributed by atoms with Gasteiger partial charge in [0.05, 0.1) is 31.8 Å². The average molecular weight is 391 g/mol. The van der Waals surface area contributed by atoms with E-state index < -0.39 is 35.5 Å². The first kappa shape index (κ1) is 20.2. The molecular formula is C19H25N3O6. The maximum absolute atomic E-state index is 12.8. The molecule has 9 heteroatoms. The number of hydrogen-bond acceptors (Lipinski definition) is 8. The van der Waals surface area contributed by atoms with Crippen LogP contribution < -0.4 is 5.32 Å². The second kappa shape index (κ2) is 8.24. The van der Waals surface area contributed by atoms with Crippen LogP contribution in [0.2, 0.25) is 0 Å². The Hall–Kier alpha value is -2.52. The molecule has 0 radical (unpaired) electrons. The molecule has 0 bridgehead atoms. The van der Waals surface area contributed by atoms with Gasteiger partial charge < -0.3 is 18.9 Å². The van der Waals surface area contributed by atoms with Crippen molar-refractivity contribution < 1.29 is 28.5 Å². The molecule has 1 amide bonds. The number of esters is 1. The summed E-state index contributed by atoms with van der Waals surface area (Å²) in [6.45, 7) is 5.89. The third-order valence-corrected chi connectivity index (χ3v) is 4.61. The number of carbonyl (C=O) groups is 2. The number of rotatable bonds is 6. The van der Waals surface area contributed by atoms with Crippen molar-refractivity contribution in [3.8, 4) is 0 Å². The van der Waals surface area contributed by atoms with Crippen LogP contribution in [0.4, 0.5) is 4.79 Å². The van der Waals surface area contributed by atoms with Gasteiger partial charge in [0.2, 0.25) is 0 Å². The van der Waals surface area contributed by atoms with Crippen LogP contribution in [-0.4, -0.2) is 49.4 Å². The Labute approximate surface area is 163 Å². The Morgan fingerprint density at radius 2 is 2.00 bits per heavy atom. The first-order chi connectivity index (χ1) is 13.4. The molecule has 1 aromatic carbocycles. The normalized spacial score (nSPS) is 28.1. The lowest BCUT2D eigenvalue weighted by atomic mass is 9.89. The third-order valence-electron chi connectivity index (χ3n) is 4.61. The van der Waals surface area contributed by atoms with Gasteiger partial charge in [-0.3, -0.25) is 5.32 Å². The lowest BCUT2D eigenvalue weighted by Gasteiger charge is -2.32. The molecule has 3 atom stereocenters. The number of nitrogens with zero attached hydrogens (tertiary/aromatic N) is 2. The number of carbonyl (C=O) groups excluding carboxylic acids is 2. The molecule has 2 aliphatic heterocycles. The number of amides is 1. The molecule has 0 aromatic heterocycles. The predicted octanol–water partition coefficient (Wildman–Crippen LogP) is 2.41. The summed E-state index contributed by atoms with van der Waals surface area (Å²) in [5, 5.41) is 10.6. The molecule has 9 nitrogen and oxygen atoms in total. The summed E-state index contributed by atoms with van der Waals surface area (Å²) in [6, 6.07) is 9.22. The van der Waals surface area contributed by atoms with Crippen LogP contribution >= 0.6 is 0 Å². The fourth-order valence-electron chi connectivity index (χ4n) is 3.26. The molecule has 1 aromatic rings.